The molecule has 30 heavy (non-hydrogen) atoms. The number of fused-ring (bicyclic) bond motifs is 5. The van der Waals surface area contributed by atoms with Gasteiger partial charge in [0.2, 0.25) is 0 Å². The van der Waals surface area contributed by atoms with Crippen molar-refractivity contribution in [1.82, 2.24) is 0 Å². The van der Waals surface area contributed by atoms with Crippen LogP contribution in [0.2, 0.25) is 0 Å². The van der Waals surface area contributed by atoms with Crippen molar-refractivity contribution in [2.45, 2.75) is 0 Å². The molecule has 0 spiro atoms. The third-order valence-electron chi connectivity index (χ3n) is 6.51. The summed E-state index contributed by atoms with van der Waals surface area (Å²) in [5.74, 6) is 0. The minimum absolute atomic E-state index is 0.108. The fraction of sp³-hybridized carbons (Fsp3) is 0. The summed E-state index contributed by atoms with van der Waals surface area (Å²) in [5.41, 5.74) is 0.108. The van der Waals surface area contributed by atoms with Crippen molar-refractivity contribution in [3.8, 4) is 0 Å². The van der Waals surface area contributed by atoms with Gasteiger partial charge >= 0.3 is 0 Å². The first-order valence-electron chi connectivity index (χ1n) is 10.3. The van der Waals surface area contributed by atoms with Crippen molar-refractivity contribution in [2.75, 3.05) is 0 Å². The van der Waals surface area contributed by atoms with E-state index in [1.807, 2.05) is 24.3 Å². The fourth-order valence-corrected chi connectivity index (χ4v) is 5.29. The predicted molar refractivity (Wildman–Crippen MR) is 129 cm³/mol. The Morgan fingerprint density at radius 1 is 0.367 bits per heavy atom. The van der Waals surface area contributed by atoms with Crippen LogP contribution in [0.25, 0.3) is 64.6 Å². The van der Waals surface area contributed by atoms with E-state index in [4.69, 9.17) is 0 Å². The zero-order valence-corrected chi connectivity index (χ0v) is 16.1. The van der Waals surface area contributed by atoms with Crippen molar-refractivity contribution in [3.05, 3.63) is 107 Å². The molecule has 7 aromatic rings. The van der Waals surface area contributed by atoms with Crippen LogP contribution in [0, 0.1) is 0 Å². The maximum atomic E-state index is 13.8. The second-order valence-electron chi connectivity index (χ2n) is 8.08. The third-order valence-corrected chi connectivity index (χ3v) is 6.51. The van der Waals surface area contributed by atoms with Gasteiger partial charge in [-0.1, -0.05) is 84.9 Å². The molecule has 1 heteroatoms. The maximum absolute atomic E-state index is 13.8. The summed E-state index contributed by atoms with van der Waals surface area (Å²) < 4.78 is 0. The van der Waals surface area contributed by atoms with Gasteiger partial charge in [0, 0.05) is 21.5 Å². The van der Waals surface area contributed by atoms with E-state index < -0.39 is 0 Å². The summed E-state index contributed by atoms with van der Waals surface area (Å²) in [5, 5.41) is 13.1. The van der Waals surface area contributed by atoms with Crippen LogP contribution >= 0.6 is 0 Å². The van der Waals surface area contributed by atoms with E-state index in [-0.39, 0.29) is 5.43 Å². The van der Waals surface area contributed by atoms with Gasteiger partial charge in [0.1, 0.15) is 0 Å². The summed E-state index contributed by atoms with van der Waals surface area (Å²) in [6, 6.07) is 33.7. The molecule has 0 radical (unpaired) electrons. The molecular formula is C29H16O. The second-order valence-corrected chi connectivity index (χ2v) is 8.08. The van der Waals surface area contributed by atoms with Gasteiger partial charge in [-0.2, -0.15) is 0 Å². The zero-order valence-electron chi connectivity index (χ0n) is 16.1. The van der Waals surface area contributed by atoms with Crippen LogP contribution in [-0.4, -0.2) is 0 Å². The average molecular weight is 380 g/mol. The molecular weight excluding hydrogens is 364 g/mol. The van der Waals surface area contributed by atoms with Crippen LogP contribution in [0.15, 0.2) is 102 Å². The first kappa shape index (κ1) is 15.9. The average Bonchev–Trinajstić information content (AvgIpc) is 2.90. The Labute approximate surface area is 172 Å². The lowest BCUT2D eigenvalue weighted by atomic mass is 9.91. The second kappa shape index (κ2) is 5.55. The van der Waals surface area contributed by atoms with Gasteiger partial charge in [0.15, 0.2) is 5.43 Å². The monoisotopic (exact) mass is 380 g/mol. The molecule has 0 aliphatic rings. The Morgan fingerprint density at radius 3 is 1.27 bits per heavy atom. The molecule has 0 N–H and O–H groups in total. The van der Waals surface area contributed by atoms with Crippen LogP contribution in [0.1, 0.15) is 0 Å². The molecule has 0 aromatic heterocycles. The van der Waals surface area contributed by atoms with Crippen LogP contribution in [0.3, 0.4) is 0 Å². The summed E-state index contributed by atoms with van der Waals surface area (Å²) in [7, 11) is 0. The van der Waals surface area contributed by atoms with E-state index >= 15 is 0 Å². The van der Waals surface area contributed by atoms with Crippen molar-refractivity contribution >= 4 is 64.6 Å². The molecule has 0 atom stereocenters. The van der Waals surface area contributed by atoms with Gasteiger partial charge in [-0.3, -0.25) is 4.79 Å². The molecule has 7 rings (SSSR count). The molecule has 7 aromatic carbocycles. The van der Waals surface area contributed by atoms with Crippen molar-refractivity contribution in [1.29, 1.82) is 0 Å². The molecule has 0 aliphatic heterocycles. The molecule has 0 saturated heterocycles. The third kappa shape index (κ3) is 1.89. The Hall–Kier alpha value is -3.97. The molecule has 0 bridgehead atoms. The number of benzene rings is 6. The van der Waals surface area contributed by atoms with E-state index in [9.17, 15) is 4.79 Å². The van der Waals surface area contributed by atoms with Gasteiger partial charge in [-0.25, -0.2) is 0 Å². The van der Waals surface area contributed by atoms with Crippen molar-refractivity contribution in [2.24, 2.45) is 0 Å². The maximum Gasteiger partial charge on any atom is 0.194 e. The summed E-state index contributed by atoms with van der Waals surface area (Å²) in [6.45, 7) is 0. The summed E-state index contributed by atoms with van der Waals surface area (Å²) in [6.07, 6.45) is 0. The molecule has 0 heterocycles. The highest BCUT2D eigenvalue weighted by Crippen LogP contribution is 2.41. The standard InChI is InChI=1S/C29H16O/c30-29-23-13-5-9-19-15-17-7-1-3-11-21(17)27(25(19)23)28-22-12-4-2-8-18(22)16-20-10-6-14-24(29)26(20)28/h1-16H. The lowest BCUT2D eigenvalue weighted by molar-refractivity contribution is 1.77. The van der Waals surface area contributed by atoms with E-state index in [1.54, 1.807) is 0 Å². The van der Waals surface area contributed by atoms with Crippen molar-refractivity contribution in [3.63, 3.8) is 0 Å². The largest absolute Gasteiger partial charge is 0.289 e. The molecule has 1 nitrogen and oxygen atoms in total. The van der Waals surface area contributed by atoms with Gasteiger partial charge in [-0.15, -0.1) is 0 Å². The Bertz CT molecular complexity index is 1730. The lowest BCUT2D eigenvalue weighted by Crippen LogP contribution is -1.98. The topological polar surface area (TPSA) is 17.1 Å². The van der Waals surface area contributed by atoms with E-state index in [0.29, 0.717) is 0 Å². The van der Waals surface area contributed by atoms with Crippen LogP contribution in [0.4, 0.5) is 0 Å². The van der Waals surface area contributed by atoms with Crippen molar-refractivity contribution < 1.29 is 0 Å². The molecule has 0 aliphatic carbocycles. The summed E-state index contributed by atoms with van der Waals surface area (Å²) >= 11 is 0. The van der Waals surface area contributed by atoms with Crippen LogP contribution in [0.5, 0.6) is 0 Å². The predicted octanol–water partition coefficient (Wildman–Crippen LogP) is 7.40. The fourth-order valence-electron chi connectivity index (χ4n) is 5.29. The number of hydrogen-bond donors (Lipinski definition) is 0. The zero-order chi connectivity index (χ0) is 19.8. The van der Waals surface area contributed by atoms with Gasteiger partial charge in [0.05, 0.1) is 0 Å². The molecule has 0 unspecified atom stereocenters. The van der Waals surface area contributed by atoms with Gasteiger partial charge < -0.3 is 0 Å². The van der Waals surface area contributed by atoms with E-state index in [1.165, 1.54) is 32.3 Å². The highest BCUT2D eigenvalue weighted by molar-refractivity contribution is 6.37. The Morgan fingerprint density at radius 2 is 0.767 bits per heavy atom. The Balaban J connectivity index is 2.07. The van der Waals surface area contributed by atoms with Gasteiger partial charge in [-0.05, 0) is 55.2 Å². The minimum atomic E-state index is 0.108. The highest BCUT2D eigenvalue weighted by Gasteiger charge is 2.17. The highest BCUT2D eigenvalue weighted by atomic mass is 16.1. The summed E-state index contributed by atoms with van der Waals surface area (Å²) in [4.78, 5) is 13.8. The lowest BCUT2D eigenvalue weighted by Gasteiger charge is -2.11. The Kier molecular flexibility index (Phi) is 2.94. The minimum Gasteiger partial charge on any atom is -0.289 e. The SMILES string of the molecule is O=c1c2cccc3cc4ccccc4c(c32)c2c3ccccc3cc3cccc1c32. The van der Waals surface area contributed by atoms with Gasteiger partial charge in [0.25, 0.3) is 0 Å². The van der Waals surface area contributed by atoms with E-state index in [0.717, 1.165) is 32.3 Å². The normalized spacial score (nSPS) is 12.1. The number of rotatable bonds is 0. The molecule has 0 amide bonds. The molecule has 0 saturated carbocycles. The number of hydrogen-bond acceptors (Lipinski definition) is 1. The van der Waals surface area contributed by atoms with Crippen LogP contribution < -0.4 is 5.43 Å². The first-order valence-corrected chi connectivity index (χ1v) is 10.3. The molecule has 138 valence electrons. The first-order chi connectivity index (χ1) is 14.8. The quantitative estimate of drug-likeness (QED) is 0.250. The van der Waals surface area contributed by atoms with Crippen LogP contribution in [-0.2, 0) is 0 Å². The van der Waals surface area contributed by atoms with E-state index in [2.05, 4.69) is 72.8 Å². The molecule has 0 fully saturated rings. The smallest absolute Gasteiger partial charge is 0.194 e.